The van der Waals surface area contributed by atoms with E-state index in [4.69, 9.17) is 25.8 Å². The summed E-state index contributed by atoms with van der Waals surface area (Å²) in [6, 6.07) is 24.0. The van der Waals surface area contributed by atoms with E-state index >= 15 is 0 Å². The van der Waals surface area contributed by atoms with E-state index in [1.54, 1.807) is 24.3 Å². The first kappa shape index (κ1) is 23.7. The first-order chi connectivity index (χ1) is 16.3. The van der Waals surface area contributed by atoms with E-state index < -0.39 is 22.4 Å². The fourth-order valence-electron chi connectivity index (χ4n) is 4.34. The molecule has 3 aromatic rings. The van der Waals surface area contributed by atoms with Gasteiger partial charge in [0.15, 0.2) is 0 Å². The summed E-state index contributed by atoms with van der Waals surface area (Å²) in [6.45, 7) is 6.21. The number of carbonyl (C=O) groups is 1. The molecule has 0 amide bonds. The molecule has 3 aromatic carbocycles. The second-order valence-electron chi connectivity index (χ2n) is 8.59. The quantitative estimate of drug-likeness (QED) is 0.270. The number of ether oxygens (including phenoxy) is 3. The lowest BCUT2D eigenvalue weighted by Gasteiger charge is -2.23. The summed E-state index contributed by atoms with van der Waals surface area (Å²) in [5.74, 6) is 1.43. The van der Waals surface area contributed by atoms with Crippen molar-refractivity contribution in [1.82, 2.24) is 0 Å². The third kappa shape index (κ3) is 4.47. The van der Waals surface area contributed by atoms with Crippen LogP contribution in [0, 0.1) is 18.3 Å². The third-order valence-corrected chi connectivity index (χ3v) is 6.62. The predicted octanol–water partition coefficient (Wildman–Crippen LogP) is 6.63. The van der Waals surface area contributed by atoms with E-state index in [0.29, 0.717) is 30.1 Å². The smallest absolute Gasteiger partial charge is 0.320 e. The minimum Gasteiger partial charge on any atom is -0.494 e. The van der Waals surface area contributed by atoms with Gasteiger partial charge in [0.25, 0.3) is 0 Å². The van der Waals surface area contributed by atoms with E-state index in [1.165, 1.54) is 0 Å². The molecule has 1 saturated carbocycles. The number of hydrogen-bond acceptors (Lipinski definition) is 5. The second-order valence-corrected chi connectivity index (χ2v) is 9.43. The van der Waals surface area contributed by atoms with Crippen molar-refractivity contribution >= 4 is 17.6 Å². The van der Waals surface area contributed by atoms with Crippen LogP contribution in [0.2, 0.25) is 0 Å². The molecule has 5 nitrogen and oxygen atoms in total. The molecule has 0 aliphatic heterocycles. The van der Waals surface area contributed by atoms with Crippen LogP contribution in [0.4, 0.5) is 0 Å². The van der Waals surface area contributed by atoms with E-state index in [1.807, 2.05) is 69.3 Å². The highest BCUT2D eigenvalue weighted by Crippen LogP contribution is 2.63. The Balaban J connectivity index is 1.58. The van der Waals surface area contributed by atoms with E-state index in [9.17, 15) is 10.1 Å². The molecule has 3 unspecified atom stereocenters. The summed E-state index contributed by atoms with van der Waals surface area (Å²) in [7, 11) is 0. The van der Waals surface area contributed by atoms with E-state index in [-0.39, 0.29) is 0 Å². The van der Waals surface area contributed by atoms with Crippen molar-refractivity contribution < 1.29 is 19.0 Å². The minimum absolute atomic E-state index is 0.421. The maximum atomic E-state index is 13.5. The Kier molecular flexibility index (Phi) is 6.54. The van der Waals surface area contributed by atoms with Crippen molar-refractivity contribution in [3.8, 4) is 23.3 Å². The molecule has 0 N–H and O–H groups in total. The van der Waals surface area contributed by atoms with Crippen molar-refractivity contribution in [2.75, 3.05) is 6.61 Å². The minimum atomic E-state index is -1.10. The van der Waals surface area contributed by atoms with Crippen molar-refractivity contribution in [2.45, 2.75) is 43.6 Å². The highest BCUT2D eigenvalue weighted by Gasteiger charge is 2.71. The molecule has 1 aliphatic rings. The molecule has 1 fully saturated rings. The molecular formula is C28H26ClNO4. The number of nitrogens with zero attached hydrogens (tertiary/aromatic N) is 1. The standard InChI is InChI=1S/C28H26ClNO4/c1-4-32-22-13-14-24(19(2)15-22)28(18-27(28,3)29)26(31)34-25(17-30)20-9-8-12-23(16-20)33-21-10-6-5-7-11-21/h5-16,25H,4,18H2,1-3H3. The number of alkyl halides is 1. The molecule has 0 heterocycles. The second kappa shape index (κ2) is 9.40. The number of para-hydroxylation sites is 1. The SMILES string of the molecule is CCOc1ccc(C2(C(=O)OC(C#N)c3cccc(Oc4ccccc4)c3)CC2(C)Cl)c(C)c1. The number of nitriles is 1. The van der Waals surface area contributed by atoms with Crippen molar-refractivity contribution in [3.05, 3.63) is 89.5 Å². The summed E-state index contributed by atoms with van der Waals surface area (Å²) >= 11 is 6.72. The number of halogens is 1. The average molecular weight is 476 g/mol. The molecule has 0 bridgehead atoms. The molecule has 1 aliphatic carbocycles. The van der Waals surface area contributed by atoms with Crippen LogP contribution in [0.25, 0.3) is 0 Å². The molecule has 0 aromatic heterocycles. The summed E-state index contributed by atoms with van der Waals surface area (Å²) in [6.07, 6.45) is -0.676. The highest BCUT2D eigenvalue weighted by molar-refractivity contribution is 6.30. The summed E-state index contributed by atoms with van der Waals surface area (Å²) in [4.78, 5) is 12.7. The zero-order valence-corrected chi connectivity index (χ0v) is 20.1. The summed E-state index contributed by atoms with van der Waals surface area (Å²) in [5.41, 5.74) is 1.17. The van der Waals surface area contributed by atoms with Crippen LogP contribution in [-0.4, -0.2) is 17.5 Å². The fraction of sp³-hybridized carbons (Fsp3) is 0.286. The van der Waals surface area contributed by atoms with Gasteiger partial charge in [-0.05, 0) is 74.7 Å². The van der Waals surface area contributed by atoms with Crippen molar-refractivity contribution in [2.24, 2.45) is 0 Å². The maximum Gasteiger partial charge on any atom is 0.320 e. The van der Waals surface area contributed by atoms with Gasteiger partial charge in [-0.3, -0.25) is 4.79 Å². The van der Waals surface area contributed by atoms with Gasteiger partial charge in [-0.1, -0.05) is 36.4 Å². The molecule has 3 atom stereocenters. The van der Waals surface area contributed by atoms with Crippen LogP contribution in [0.1, 0.15) is 43.1 Å². The molecule has 6 heteroatoms. The Bertz CT molecular complexity index is 1230. The van der Waals surface area contributed by atoms with Crippen LogP contribution in [0.3, 0.4) is 0 Å². The molecule has 0 radical (unpaired) electrons. The maximum absolute atomic E-state index is 13.5. The topological polar surface area (TPSA) is 68.5 Å². The first-order valence-corrected chi connectivity index (χ1v) is 11.5. The van der Waals surface area contributed by atoms with Gasteiger partial charge in [-0.15, -0.1) is 11.6 Å². The average Bonchev–Trinajstić information content (AvgIpc) is 3.41. The van der Waals surface area contributed by atoms with Crippen LogP contribution in [0.15, 0.2) is 72.8 Å². The number of esters is 1. The molecule has 4 rings (SSSR count). The first-order valence-electron chi connectivity index (χ1n) is 11.2. The Morgan fingerprint density at radius 3 is 2.38 bits per heavy atom. The van der Waals surface area contributed by atoms with Gasteiger partial charge in [-0.2, -0.15) is 5.26 Å². The van der Waals surface area contributed by atoms with E-state index in [0.717, 1.165) is 16.9 Å². The van der Waals surface area contributed by atoms with Gasteiger partial charge in [0.1, 0.15) is 28.7 Å². The van der Waals surface area contributed by atoms with Gasteiger partial charge in [-0.25, -0.2) is 0 Å². The lowest BCUT2D eigenvalue weighted by molar-refractivity contribution is -0.150. The number of carbonyl (C=O) groups excluding carboxylic acids is 1. The van der Waals surface area contributed by atoms with Gasteiger partial charge in [0, 0.05) is 5.56 Å². The summed E-state index contributed by atoms with van der Waals surface area (Å²) in [5, 5.41) is 9.83. The van der Waals surface area contributed by atoms with Gasteiger partial charge in [0.2, 0.25) is 6.10 Å². The Labute approximate surface area is 204 Å². The highest BCUT2D eigenvalue weighted by atomic mass is 35.5. The third-order valence-electron chi connectivity index (χ3n) is 6.16. The molecule has 34 heavy (non-hydrogen) atoms. The van der Waals surface area contributed by atoms with Crippen molar-refractivity contribution in [1.29, 1.82) is 5.26 Å². The molecule has 174 valence electrons. The molecular weight excluding hydrogens is 450 g/mol. The van der Waals surface area contributed by atoms with Crippen LogP contribution < -0.4 is 9.47 Å². The van der Waals surface area contributed by atoms with Gasteiger partial charge >= 0.3 is 5.97 Å². The monoisotopic (exact) mass is 475 g/mol. The lowest BCUT2D eigenvalue weighted by atomic mass is 9.89. The van der Waals surface area contributed by atoms with Crippen LogP contribution >= 0.6 is 11.6 Å². The predicted molar refractivity (Wildman–Crippen MR) is 130 cm³/mol. The molecule has 0 saturated heterocycles. The number of hydrogen-bond donors (Lipinski definition) is 0. The van der Waals surface area contributed by atoms with Crippen molar-refractivity contribution in [3.63, 3.8) is 0 Å². The number of aryl methyl sites for hydroxylation is 1. The Hall–Kier alpha value is -3.49. The Morgan fingerprint density at radius 1 is 1.06 bits per heavy atom. The lowest BCUT2D eigenvalue weighted by Crippen LogP contribution is -2.31. The Morgan fingerprint density at radius 2 is 1.76 bits per heavy atom. The summed E-state index contributed by atoms with van der Waals surface area (Å²) < 4.78 is 17.2. The van der Waals surface area contributed by atoms with E-state index in [2.05, 4.69) is 6.07 Å². The fourth-order valence-corrected chi connectivity index (χ4v) is 4.72. The zero-order valence-electron chi connectivity index (χ0n) is 19.4. The van der Waals surface area contributed by atoms with Crippen LogP contribution in [-0.2, 0) is 14.9 Å². The van der Waals surface area contributed by atoms with Gasteiger partial charge < -0.3 is 14.2 Å². The van der Waals surface area contributed by atoms with Gasteiger partial charge in [0.05, 0.1) is 11.5 Å². The largest absolute Gasteiger partial charge is 0.494 e. The number of rotatable bonds is 8. The number of benzene rings is 3. The van der Waals surface area contributed by atoms with Crippen LogP contribution in [0.5, 0.6) is 17.2 Å². The normalized spacial score (nSPS) is 21.7. The molecule has 0 spiro atoms. The zero-order chi connectivity index (χ0) is 24.3.